The van der Waals surface area contributed by atoms with Gasteiger partial charge >= 0.3 is 0 Å². The van der Waals surface area contributed by atoms with Crippen molar-refractivity contribution in [2.45, 2.75) is 0 Å². The normalized spacial score (nSPS) is 5.33. The molecule has 0 fully saturated rings. The van der Waals surface area contributed by atoms with Crippen molar-refractivity contribution < 1.29 is 34.9 Å². The molecule has 57 valence electrons. The van der Waals surface area contributed by atoms with Crippen LogP contribution in [0.5, 0.6) is 0 Å². The van der Waals surface area contributed by atoms with Crippen LogP contribution in [0.15, 0.2) is 0 Å². The third-order valence-corrected chi connectivity index (χ3v) is 0. The summed E-state index contributed by atoms with van der Waals surface area (Å²) >= 11 is 0. The number of rotatable bonds is 0. The van der Waals surface area contributed by atoms with Gasteiger partial charge in [0.15, 0.2) is 0 Å². The Morgan fingerprint density at radius 3 is 1.11 bits per heavy atom. The van der Waals surface area contributed by atoms with Crippen LogP contribution in [-0.4, -0.2) is 15.4 Å². The van der Waals surface area contributed by atoms with Gasteiger partial charge in [-0.25, -0.2) is 0 Å². The molecule has 0 saturated heterocycles. The SMILES string of the molecule is O=[N+]([O-])O.O=[N+]([O-])[O-].[Rh]. The molecule has 9 heteroatoms. The molecule has 0 aliphatic heterocycles. The molecular weight excluding hydrogens is 227 g/mol. The quantitative estimate of drug-likeness (QED) is 0.335. The van der Waals surface area contributed by atoms with Gasteiger partial charge in [-0.2, -0.15) is 0 Å². The zero-order chi connectivity index (χ0) is 7.15. The Balaban J connectivity index is -0.0000000720. The smallest absolute Gasteiger partial charge is 0.291 e. The molecule has 0 unspecified atom stereocenters. The van der Waals surface area contributed by atoms with E-state index in [1.165, 1.54) is 0 Å². The molecule has 0 aromatic rings. The molecule has 8 nitrogen and oxygen atoms in total. The van der Waals surface area contributed by atoms with Crippen molar-refractivity contribution in [3.63, 3.8) is 0 Å². The number of hydrogen-bond acceptors (Lipinski definition) is 5. The second-order valence-corrected chi connectivity index (χ2v) is 0.461. The molecule has 0 amide bonds. The van der Waals surface area contributed by atoms with Crippen molar-refractivity contribution in [2.75, 3.05) is 0 Å². The first kappa shape index (κ1) is 15.7. The first-order chi connectivity index (χ1) is 3.46. The summed E-state index contributed by atoms with van der Waals surface area (Å²) in [7, 11) is 0. The Hall–Kier alpha value is -0.977. The van der Waals surface area contributed by atoms with Gasteiger partial charge in [-0.15, -0.1) is 10.1 Å². The van der Waals surface area contributed by atoms with E-state index in [9.17, 15) is 0 Å². The van der Waals surface area contributed by atoms with Gasteiger partial charge in [-0.3, -0.25) is 0 Å². The van der Waals surface area contributed by atoms with Gasteiger partial charge in [0.1, 0.15) is 0 Å². The summed E-state index contributed by atoms with van der Waals surface area (Å²) in [5.41, 5.74) is 0. The molecule has 0 aliphatic carbocycles. The van der Waals surface area contributed by atoms with E-state index in [2.05, 4.69) is 0 Å². The minimum absolute atomic E-state index is 0. The Morgan fingerprint density at radius 1 is 1.11 bits per heavy atom. The van der Waals surface area contributed by atoms with Crippen LogP contribution in [0.3, 0.4) is 0 Å². The van der Waals surface area contributed by atoms with Crippen LogP contribution in [0, 0.1) is 25.4 Å². The van der Waals surface area contributed by atoms with Crippen molar-refractivity contribution in [1.82, 2.24) is 0 Å². The summed E-state index contributed by atoms with van der Waals surface area (Å²) in [6, 6.07) is 0. The molecule has 0 atom stereocenters. The fourth-order valence-electron chi connectivity index (χ4n) is 0. The molecule has 0 heterocycles. The monoisotopic (exact) mass is 228 g/mol. The fraction of sp³-hybridized carbons (Fsp3) is 0. The summed E-state index contributed by atoms with van der Waals surface area (Å²) in [6.07, 6.45) is 0. The molecule has 9 heavy (non-hydrogen) atoms. The van der Waals surface area contributed by atoms with Crippen molar-refractivity contribution in [3.05, 3.63) is 25.4 Å². The maximum absolute atomic E-state index is 8.36. The summed E-state index contributed by atoms with van der Waals surface area (Å²) in [5.74, 6) is 0. The maximum atomic E-state index is 8.36. The first-order valence-electron chi connectivity index (χ1n) is 1.11. The van der Waals surface area contributed by atoms with Gasteiger partial charge < -0.3 is 20.5 Å². The third-order valence-electron chi connectivity index (χ3n) is 0. The minimum atomic E-state index is -1.75. The summed E-state index contributed by atoms with van der Waals surface area (Å²) in [5, 5.41) is 28.4. The maximum Gasteiger partial charge on any atom is 0.291 e. The van der Waals surface area contributed by atoms with Gasteiger partial charge in [0.05, 0.1) is 5.09 Å². The van der Waals surface area contributed by atoms with Crippen LogP contribution < -0.4 is 0 Å². The molecule has 0 aliphatic rings. The Bertz CT molecular complexity index is 69.1. The molecule has 0 aromatic heterocycles. The van der Waals surface area contributed by atoms with Crippen LogP contribution in [0.2, 0.25) is 0 Å². The summed E-state index contributed by atoms with van der Waals surface area (Å²) in [4.78, 5) is 16.6. The fourth-order valence-corrected chi connectivity index (χ4v) is 0. The van der Waals surface area contributed by atoms with Gasteiger partial charge in [0.25, 0.3) is 5.09 Å². The van der Waals surface area contributed by atoms with E-state index in [1.54, 1.807) is 0 Å². The molecule has 1 radical (unpaired) electrons. The Morgan fingerprint density at radius 2 is 1.11 bits per heavy atom. The van der Waals surface area contributed by atoms with Gasteiger partial charge in [-0.1, -0.05) is 0 Å². The molecule has 0 saturated carbocycles. The zero-order valence-electron chi connectivity index (χ0n) is 3.72. The Kier molecular flexibility index (Phi) is 17.6. The largest absolute Gasteiger partial charge is 0.356 e. The van der Waals surface area contributed by atoms with Crippen molar-refractivity contribution in [1.29, 1.82) is 0 Å². The predicted octanol–water partition coefficient (Wildman–Crippen LogP) is -0.589. The number of hydrogen-bond donors (Lipinski definition) is 1. The van der Waals surface area contributed by atoms with E-state index in [4.69, 9.17) is 30.6 Å². The summed E-state index contributed by atoms with van der Waals surface area (Å²) in [6.45, 7) is 0. The molecule has 1 N–H and O–H groups in total. The third kappa shape index (κ3) is 186. The molecule has 0 aromatic carbocycles. The number of nitrogens with zero attached hydrogens (tertiary/aromatic N) is 2. The molecule has 0 spiro atoms. The topological polar surface area (TPSA) is 130 Å². The van der Waals surface area contributed by atoms with Crippen LogP contribution in [0.4, 0.5) is 0 Å². The molecular formula is HN2O6Rh-. The van der Waals surface area contributed by atoms with E-state index in [0.717, 1.165) is 0 Å². The van der Waals surface area contributed by atoms with Crippen molar-refractivity contribution in [2.24, 2.45) is 0 Å². The van der Waals surface area contributed by atoms with Crippen LogP contribution >= 0.6 is 0 Å². The van der Waals surface area contributed by atoms with E-state index in [-0.39, 0.29) is 19.5 Å². The van der Waals surface area contributed by atoms with Crippen LogP contribution in [-0.2, 0) is 19.5 Å². The van der Waals surface area contributed by atoms with E-state index in [0.29, 0.717) is 0 Å². The summed E-state index contributed by atoms with van der Waals surface area (Å²) < 4.78 is 0. The van der Waals surface area contributed by atoms with Crippen molar-refractivity contribution in [3.8, 4) is 0 Å². The zero-order valence-corrected chi connectivity index (χ0v) is 5.35. The second kappa shape index (κ2) is 10.1. The van der Waals surface area contributed by atoms with E-state index in [1.807, 2.05) is 0 Å². The predicted molar refractivity (Wildman–Crippen MR) is 19.1 cm³/mol. The average molecular weight is 228 g/mol. The van der Waals surface area contributed by atoms with Gasteiger partial charge in [0.2, 0.25) is 0 Å². The van der Waals surface area contributed by atoms with Crippen LogP contribution in [0.1, 0.15) is 0 Å². The van der Waals surface area contributed by atoms with Crippen molar-refractivity contribution >= 4 is 0 Å². The second-order valence-electron chi connectivity index (χ2n) is 0.461. The first-order valence-corrected chi connectivity index (χ1v) is 1.11. The minimum Gasteiger partial charge on any atom is -0.356 e. The van der Waals surface area contributed by atoms with E-state index < -0.39 is 10.2 Å². The Labute approximate surface area is 61.1 Å². The van der Waals surface area contributed by atoms with Gasteiger partial charge in [0, 0.05) is 19.5 Å². The van der Waals surface area contributed by atoms with Crippen LogP contribution in [0.25, 0.3) is 0 Å². The standard InChI is InChI=1S/HNO3.NO3.Rh/c2*2-1(3)4;/h(H,2,3,4);;/q;-1;. The molecule has 0 rings (SSSR count). The molecule has 0 bridgehead atoms. The van der Waals surface area contributed by atoms with E-state index >= 15 is 0 Å². The van der Waals surface area contributed by atoms with Gasteiger partial charge in [-0.05, 0) is 0 Å². The average Bonchev–Trinajstić information content (AvgIpc) is 1.25.